The quantitative estimate of drug-likeness (QED) is 0.288. The van der Waals surface area contributed by atoms with Crippen LogP contribution in [-0.4, -0.2) is 40.5 Å². The number of ether oxygens (including phenoxy) is 1. The van der Waals surface area contributed by atoms with Crippen molar-refractivity contribution in [3.8, 4) is 0 Å². The first-order valence-corrected chi connectivity index (χ1v) is 14.4. The van der Waals surface area contributed by atoms with Gasteiger partial charge in [0.1, 0.15) is 17.7 Å². The highest BCUT2D eigenvalue weighted by Gasteiger charge is 2.39. The highest BCUT2D eigenvalue weighted by molar-refractivity contribution is 6.01. The van der Waals surface area contributed by atoms with Crippen LogP contribution in [0.3, 0.4) is 0 Å². The molecule has 0 bridgehead atoms. The van der Waals surface area contributed by atoms with Crippen LogP contribution in [0.5, 0.6) is 0 Å². The number of carbonyl (C=O) groups excluding carboxylic acids is 3. The van der Waals surface area contributed by atoms with Gasteiger partial charge in [0.25, 0.3) is 5.91 Å². The summed E-state index contributed by atoms with van der Waals surface area (Å²) in [6, 6.07) is 17.4. The summed E-state index contributed by atoms with van der Waals surface area (Å²) in [5.74, 6) is -0.542. The molecule has 0 aliphatic heterocycles. The molecule has 41 heavy (non-hydrogen) atoms. The number of hydrogen-bond donors (Lipinski definition) is 2. The van der Waals surface area contributed by atoms with E-state index in [0.29, 0.717) is 12.1 Å². The number of nitrogens with one attached hydrogen (secondary N) is 2. The first-order chi connectivity index (χ1) is 19.2. The molecule has 3 rings (SSSR count). The lowest BCUT2D eigenvalue weighted by Gasteiger charge is -2.38. The Labute approximate surface area is 244 Å². The number of rotatable bonds is 9. The average Bonchev–Trinajstić information content (AvgIpc) is 2.85. The Kier molecular flexibility index (Phi) is 10.2. The molecule has 0 aromatic heterocycles. The molecule has 0 saturated heterocycles. The predicted octanol–water partition coefficient (Wildman–Crippen LogP) is 7.31. The van der Waals surface area contributed by atoms with Gasteiger partial charge in [-0.25, -0.2) is 4.79 Å². The van der Waals surface area contributed by atoms with Gasteiger partial charge in [0.2, 0.25) is 5.91 Å². The van der Waals surface area contributed by atoms with Gasteiger partial charge in [-0.3, -0.25) is 9.59 Å². The SMILES string of the molecule is Cc1cccc(C)c1C(C(=O)Nc1ccc2ccccc2c1)N(C(=O)C(CC(C)C)NC(=O)OC(C)(C)C)C(C)C. The largest absolute Gasteiger partial charge is 0.444 e. The monoisotopic (exact) mass is 559 g/mol. The van der Waals surface area contributed by atoms with E-state index in [9.17, 15) is 14.4 Å². The maximum atomic E-state index is 14.4. The molecule has 2 unspecified atom stereocenters. The van der Waals surface area contributed by atoms with Crippen LogP contribution in [0.15, 0.2) is 60.7 Å². The van der Waals surface area contributed by atoms with E-state index in [1.54, 1.807) is 25.7 Å². The summed E-state index contributed by atoms with van der Waals surface area (Å²) in [4.78, 5) is 43.0. The molecule has 7 heteroatoms. The molecule has 3 aromatic rings. The summed E-state index contributed by atoms with van der Waals surface area (Å²) in [5, 5.41) is 7.96. The summed E-state index contributed by atoms with van der Waals surface area (Å²) in [6.45, 7) is 17.0. The zero-order chi connectivity index (χ0) is 30.5. The van der Waals surface area contributed by atoms with Crippen molar-refractivity contribution in [2.75, 3.05) is 5.32 Å². The molecular weight excluding hydrogens is 514 g/mol. The molecule has 7 nitrogen and oxygen atoms in total. The van der Waals surface area contributed by atoms with Crippen LogP contribution >= 0.6 is 0 Å². The number of aryl methyl sites for hydroxylation is 2. The Balaban J connectivity index is 2.07. The third-order valence-corrected chi connectivity index (χ3v) is 6.87. The van der Waals surface area contributed by atoms with Gasteiger partial charge in [-0.1, -0.05) is 62.4 Å². The summed E-state index contributed by atoms with van der Waals surface area (Å²) in [5.41, 5.74) is 2.51. The van der Waals surface area contributed by atoms with Crippen LogP contribution in [0.2, 0.25) is 0 Å². The minimum atomic E-state index is -0.926. The van der Waals surface area contributed by atoms with Crippen molar-refractivity contribution in [1.29, 1.82) is 0 Å². The number of fused-ring (bicyclic) bond motifs is 1. The molecule has 0 aliphatic rings. The van der Waals surface area contributed by atoms with Crippen molar-refractivity contribution < 1.29 is 19.1 Å². The Morgan fingerprint density at radius 2 is 1.46 bits per heavy atom. The zero-order valence-electron chi connectivity index (χ0n) is 25.9. The van der Waals surface area contributed by atoms with Crippen LogP contribution in [0.4, 0.5) is 10.5 Å². The lowest BCUT2D eigenvalue weighted by atomic mass is 9.92. The Morgan fingerprint density at radius 1 is 0.854 bits per heavy atom. The maximum absolute atomic E-state index is 14.4. The van der Waals surface area contributed by atoms with E-state index in [1.165, 1.54) is 0 Å². The molecule has 0 heterocycles. The molecule has 3 aromatic carbocycles. The van der Waals surface area contributed by atoms with E-state index >= 15 is 0 Å². The van der Waals surface area contributed by atoms with Crippen molar-refractivity contribution in [3.63, 3.8) is 0 Å². The fraction of sp³-hybridized carbons (Fsp3) is 0.441. The van der Waals surface area contributed by atoms with Crippen molar-refractivity contribution in [3.05, 3.63) is 77.4 Å². The predicted molar refractivity (Wildman–Crippen MR) is 166 cm³/mol. The maximum Gasteiger partial charge on any atom is 0.408 e. The number of amides is 3. The second kappa shape index (κ2) is 13.2. The van der Waals surface area contributed by atoms with Crippen LogP contribution in [-0.2, 0) is 14.3 Å². The van der Waals surface area contributed by atoms with Crippen LogP contribution in [0.1, 0.15) is 77.6 Å². The molecule has 2 atom stereocenters. The van der Waals surface area contributed by atoms with Gasteiger partial charge < -0.3 is 20.3 Å². The fourth-order valence-corrected chi connectivity index (χ4v) is 5.14. The van der Waals surface area contributed by atoms with Crippen molar-refractivity contribution >= 4 is 34.4 Å². The third kappa shape index (κ3) is 8.32. The Bertz CT molecular complexity index is 1370. The van der Waals surface area contributed by atoms with E-state index in [0.717, 1.165) is 27.5 Å². The normalized spacial score (nSPS) is 13.1. The standard InChI is InChI=1S/C34H45N3O4/c1-21(2)19-28(36-33(40)41-34(7,8)9)32(39)37(22(3)4)30(29-23(5)13-12-14-24(29)6)31(38)35-27-18-17-25-15-10-11-16-26(25)20-27/h10-18,20-22,28,30H,19H2,1-9H3,(H,35,38)(H,36,40). The molecule has 0 fully saturated rings. The average molecular weight is 560 g/mol. The van der Waals surface area contributed by atoms with Crippen molar-refractivity contribution in [2.24, 2.45) is 5.92 Å². The first kappa shape index (κ1) is 31.7. The molecule has 0 radical (unpaired) electrons. The second-order valence-electron chi connectivity index (χ2n) is 12.4. The number of anilines is 1. The molecule has 0 spiro atoms. The van der Waals surface area contributed by atoms with Gasteiger partial charge in [0.15, 0.2) is 0 Å². The van der Waals surface area contributed by atoms with Crippen molar-refractivity contribution in [1.82, 2.24) is 10.2 Å². The summed E-state index contributed by atoms with van der Waals surface area (Å²) in [6.07, 6.45) is -0.267. The van der Waals surface area contributed by atoms with Gasteiger partial charge in [-0.15, -0.1) is 0 Å². The van der Waals surface area contributed by atoms with Gasteiger partial charge in [0.05, 0.1) is 0 Å². The number of hydrogen-bond acceptors (Lipinski definition) is 4. The van der Waals surface area contributed by atoms with E-state index in [-0.39, 0.29) is 23.8 Å². The highest BCUT2D eigenvalue weighted by atomic mass is 16.6. The van der Waals surface area contributed by atoms with Crippen molar-refractivity contribution in [2.45, 2.75) is 92.5 Å². The molecule has 220 valence electrons. The van der Waals surface area contributed by atoms with Gasteiger partial charge in [-0.2, -0.15) is 0 Å². The topological polar surface area (TPSA) is 87.7 Å². The highest BCUT2D eigenvalue weighted by Crippen LogP contribution is 2.32. The smallest absolute Gasteiger partial charge is 0.408 e. The van der Waals surface area contributed by atoms with Gasteiger partial charge >= 0.3 is 6.09 Å². The lowest BCUT2D eigenvalue weighted by Crippen LogP contribution is -2.55. The number of alkyl carbamates (subject to hydrolysis) is 1. The number of benzene rings is 3. The minimum absolute atomic E-state index is 0.109. The molecule has 0 aliphatic carbocycles. The van der Waals surface area contributed by atoms with E-state index in [1.807, 2.05) is 102 Å². The molecule has 2 N–H and O–H groups in total. The number of carbonyl (C=O) groups is 3. The first-order valence-electron chi connectivity index (χ1n) is 14.4. The van der Waals surface area contributed by atoms with Gasteiger partial charge in [0, 0.05) is 11.7 Å². The van der Waals surface area contributed by atoms with E-state index < -0.39 is 23.8 Å². The van der Waals surface area contributed by atoms with Crippen LogP contribution in [0.25, 0.3) is 10.8 Å². The molecule has 3 amide bonds. The zero-order valence-corrected chi connectivity index (χ0v) is 25.9. The molecule has 0 saturated carbocycles. The summed E-state index contributed by atoms with van der Waals surface area (Å²) < 4.78 is 5.49. The second-order valence-corrected chi connectivity index (χ2v) is 12.4. The van der Waals surface area contributed by atoms with E-state index in [2.05, 4.69) is 10.6 Å². The Morgan fingerprint density at radius 3 is 2.02 bits per heavy atom. The minimum Gasteiger partial charge on any atom is -0.444 e. The Hall–Kier alpha value is -3.87. The van der Waals surface area contributed by atoms with E-state index in [4.69, 9.17) is 4.74 Å². The summed E-state index contributed by atoms with van der Waals surface area (Å²) in [7, 11) is 0. The van der Waals surface area contributed by atoms with Gasteiger partial charge in [-0.05, 0) is 100 Å². The lowest BCUT2D eigenvalue weighted by molar-refractivity contribution is -0.143. The van der Waals surface area contributed by atoms with Crippen LogP contribution < -0.4 is 10.6 Å². The number of nitrogens with zero attached hydrogens (tertiary/aromatic N) is 1. The van der Waals surface area contributed by atoms with Crippen LogP contribution in [0, 0.1) is 19.8 Å². The fourth-order valence-electron chi connectivity index (χ4n) is 5.14. The third-order valence-electron chi connectivity index (χ3n) is 6.87. The summed E-state index contributed by atoms with van der Waals surface area (Å²) >= 11 is 0. The molecular formula is C34H45N3O4.